The van der Waals surface area contributed by atoms with Crippen LogP contribution in [0.1, 0.15) is 43.0 Å². The molecule has 1 fully saturated rings. The molecular weight excluding hydrogens is 432 g/mol. The highest BCUT2D eigenvalue weighted by atomic mass is 16.5. The molecule has 1 amide bonds. The lowest BCUT2D eigenvalue weighted by Gasteiger charge is -2.26. The molecule has 34 heavy (non-hydrogen) atoms. The molecule has 1 N–H and O–H groups in total. The average Bonchev–Trinajstić information content (AvgIpc) is 3.04. The number of ether oxygens (including phenoxy) is 2. The third-order valence-corrected chi connectivity index (χ3v) is 5.76. The van der Waals surface area contributed by atoms with E-state index in [0.29, 0.717) is 35.6 Å². The molecular formula is C27H34N2O5. The van der Waals surface area contributed by atoms with E-state index in [2.05, 4.69) is 0 Å². The molecule has 7 heteroatoms. The molecule has 0 bridgehead atoms. The molecule has 0 radical (unpaired) electrons. The van der Waals surface area contributed by atoms with Crippen LogP contribution in [0.25, 0.3) is 5.76 Å². The van der Waals surface area contributed by atoms with Gasteiger partial charge in [0.15, 0.2) is 0 Å². The van der Waals surface area contributed by atoms with Gasteiger partial charge < -0.3 is 24.4 Å². The molecule has 0 spiro atoms. The molecule has 2 aromatic rings. The van der Waals surface area contributed by atoms with Gasteiger partial charge in [-0.1, -0.05) is 12.1 Å². The normalized spacial score (nSPS) is 17.6. The number of carbonyl (C=O) groups is 2. The van der Waals surface area contributed by atoms with E-state index in [1.165, 1.54) is 0 Å². The first kappa shape index (κ1) is 25.3. The minimum Gasteiger partial charge on any atom is -0.507 e. The molecule has 182 valence electrons. The third kappa shape index (κ3) is 5.42. The first-order valence-corrected chi connectivity index (χ1v) is 11.5. The van der Waals surface area contributed by atoms with Crippen molar-refractivity contribution in [3.8, 4) is 11.5 Å². The number of aliphatic hydroxyl groups excluding tert-OH is 1. The van der Waals surface area contributed by atoms with Gasteiger partial charge in [0.25, 0.3) is 11.7 Å². The minimum atomic E-state index is -0.704. The van der Waals surface area contributed by atoms with Gasteiger partial charge in [0.2, 0.25) is 0 Å². The van der Waals surface area contributed by atoms with Gasteiger partial charge in [0.1, 0.15) is 17.3 Å². The smallest absolute Gasteiger partial charge is 0.295 e. The highest BCUT2D eigenvalue weighted by Gasteiger charge is 2.45. The maximum Gasteiger partial charge on any atom is 0.295 e. The van der Waals surface area contributed by atoms with Gasteiger partial charge in [-0.25, -0.2) is 0 Å². The summed E-state index contributed by atoms with van der Waals surface area (Å²) >= 11 is 0. The van der Waals surface area contributed by atoms with Crippen molar-refractivity contribution >= 4 is 17.4 Å². The number of methoxy groups -OCH3 is 1. The van der Waals surface area contributed by atoms with Crippen LogP contribution in [0.2, 0.25) is 0 Å². The Morgan fingerprint density at radius 1 is 1.15 bits per heavy atom. The van der Waals surface area contributed by atoms with Crippen LogP contribution in [0.15, 0.2) is 48.0 Å². The van der Waals surface area contributed by atoms with Crippen LogP contribution in [0.3, 0.4) is 0 Å². The molecule has 0 saturated carbocycles. The minimum absolute atomic E-state index is 0.0127. The molecule has 1 aliphatic rings. The lowest BCUT2D eigenvalue weighted by Crippen LogP contribution is -2.32. The van der Waals surface area contributed by atoms with Crippen LogP contribution in [0.5, 0.6) is 11.5 Å². The quantitative estimate of drug-likeness (QED) is 0.340. The van der Waals surface area contributed by atoms with Crippen molar-refractivity contribution in [2.45, 2.75) is 39.3 Å². The van der Waals surface area contributed by atoms with Crippen molar-refractivity contribution in [3.05, 3.63) is 64.7 Å². The Kier molecular flexibility index (Phi) is 7.99. The Morgan fingerprint density at radius 2 is 1.88 bits per heavy atom. The van der Waals surface area contributed by atoms with Crippen molar-refractivity contribution in [3.63, 3.8) is 0 Å². The SMILES string of the molecule is COc1cccc(C2/C(=C(\O)c3ccc(OC(C)C)c(C)c3)C(=O)C(=O)N2CCCN(C)C)c1. The molecule has 7 nitrogen and oxygen atoms in total. The second-order valence-electron chi connectivity index (χ2n) is 9.07. The highest BCUT2D eigenvalue weighted by Crippen LogP contribution is 2.40. The number of rotatable bonds is 9. The Labute approximate surface area is 201 Å². The van der Waals surface area contributed by atoms with E-state index >= 15 is 0 Å². The van der Waals surface area contributed by atoms with Gasteiger partial charge in [0.05, 0.1) is 24.8 Å². The molecule has 3 rings (SSSR count). The Morgan fingerprint density at radius 3 is 2.50 bits per heavy atom. The second-order valence-corrected chi connectivity index (χ2v) is 9.07. The van der Waals surface area contributed by atoms with E-state index < -0.39 is 17.7 Å². The number of nitrogens with zero attached hydrogens (tertiary/aromatic N) is 2. The van der Waals surface area contributed by atoms with Gasteiger partial charge in [-0.05, 0) is 89.3 Å². The molecule has 1 heterocycles. The number of aryl methyl sites for hydroxylation is 1. The summed E-state index contributed by atoms with van der Waals surface area (Å²) in [6.07, 6.45) is 0.708. The number of Topliss-reactive ketones (excluding diaryl/α,β-unsaturated/α-hetero) is 1. The van der Waals surface area contributed by atoms with Crippen LogP contribution < -0.4 is 9.47 Å². The second kappa shape index (κ2) is 10.7. The number of aliphatic hydroxyl groups is 1. The Balaban J connectivity index is 2.10. The van der Waals surface area contributed by atoms with Crippen LogP contribution in [-0.2, 0) is 9.59 Å². The maximum atomic E-state index is 13.2. The van der Waals surface area contributed by atoms with Gasteiger partial charge >= 0.3 is 0 Å². The van der Waals surface area contributed by atoms with Crippen LogP contribution in [0.4, 0.5) is 0 Å². The predicted octanol–water partition coefficient (Wildman–Crippen LogP) is 4.16. The molecule has 2 aromatic carbocycles. The fraction of sp³-hybridized carbons (Fsp3) is 0.407. The summed E-state index contributed by atoms with van der Waals surface area (Å²) in [6.45, 7) is 6.93. The number of hydrogen-bond donors (Lipinski definition) is 1. The maximum absolute atomic E-state index is 13.2. The summed E-state index contributed by atoms with van der Waals surface area (Å²) in [4.78, 5) is 29.8. The monoisotopic (exact) mass is 466 g/mol. The lowest BCUT2D eigenvalue weighted by atomic mass is 9.94. The van der Waals surface area contributed by atoms with E-state index in [9.17, 15) is 14.7 Å². The van der Waals surface area contributed by atoms with E-state index in [1.54, 1.807) is 42.3 Å². The van der Waals surface area contributed by atoms with E-state index in [-0.39, 0.29) is 17.4 Å². The molecule has 0 aliphatic carbocycles. The molecule has 1 aliphatic heterocycles. The molecule has 1 unspecified atom stereocenters. The number of carbonyl (C=O) groups excluding carboxylic acids is 2. The number of amides is 1. The Hall–Kier alpha value is -3.32. The van der Waals surface area contributed by atoms with E-state index in [1.807, 2.05) is 51.9 Å². The zero-order chi connectivity index (χ0) is 25.0. The van der Waals surface area contributed by atoms with Gasteiger partial charge in [0, 0.05) is 12.1 Å². The van der Waals surface area contributed by atoms with Gasteiger partial charge in [-0.3, -0.25) is 9.59 Å². The lowest BCUT2D eigenvalue weighted by molar-refractivity contribution is -0.139. The van der Waals surface area contributed by atoms with E-state index in [4.69, 9.17) is 9.47 Å². The standard InChI is InChI=1S/C27H34N2O5/c1-17(2)34-22-12-11-20(15-18(22)3)25(30)23-24(19-9-7-10-21(16-19)33-6)29(27(32)26(23)31)14-8-13-28(4)5/h7,9-12,15-17,24,30H,8,13-14H2,1-6H3/b25-23+. The zero-order valence-electron chi connectivity index (χ0n) is 20.8. The van der Waals surface area contributed by atoms with Crippen molar-refractivity contribution in [1.82, 2.24) is 9.80 Å². The first-order chi connectivity index (χ1) is 16.1. The highest BCUT2D eigenvalue weighted by molar-refractivity contribution is 6.46. The molecule has 1 saturated heterocycles. The zero-order valence-corrected chi connectivity index (χ0v) is 20.8. The molecule has 0 aromatic heterocycles. The van der Waals surface area contributed by atoms with Gasteiger partial charge in [-0.2, -0.15) is 0 Å². The van der Waals surface area contributed by atoms with Crippen LogP contribution >= 0.6 is 0 Å². The van der Waals surface area contributed by atoms with Crippen molar-refractivity contribution in [2.75, 3.05) is 34.3 Å². The van der Waals surface area contributed by atoms with E-state index in [0.717, 1.165) is 12.1 Å². The summed E-state index contributed by atoms with van der Waals surface area (Å²) in [5.41, 5.74) is 2.09. The topological polar surface area (TPSA) is 79.3 Å². The number of hydrogen-bond acceptors (Lipinski definition) is 6. The summed E-state index contributed by atoms with van der Waals surface area (Å²) in [6, 6.07) is 11.8. The van der Waals surface area contributed by atoms with Crippen molar-refractivity contribution in [2.24, 2.45) is 0 Å². The average molecular weight is 467 g/mol. The Bertz CT molecular complexity index is 1090. The third-order valence-electron chi connectivity index (χ3n) is 5.76. The van der Waals surface area contributed by atoms with Crippen molar-refractivity contribution in [1.29, 1.82) is 0 Å². The summed E-state index contributed by atoms with van der Waals surface area (Å²) in [5, 5.41) is 11.3. The fourth-order valence-electron chi connectivity index (χ4n) is 4.16. The first-order valence-electron chi connectivity index (χ1n) is 11.5. The van der Waals surface area contributed by atoms with Crippen LogP contribution in [0, 0.1) is 6.92 Å². The number of benzene rings is 2. The number of ketones is 1. The summed E-state index contributed by atoms with van der Waals surface area (Å²) in [7, 11) is 5.49. The fourth-order valence-corrected chi connectivity index (χ4v) is 4.16. The predicted molar refractivity (Wildman–Crippen MR) is 132 cm³/mol. The number of likely N-dealkylation sites (tertiary alicyclic amines) is 1. The van der Waals surface area contributed by atoms with Crippen molar-refractivity contribution < 1.29 is 24.2 Å². The molecule has 1 atom stereocenters. The van der Waals surface area contributed by atoms with Crippen LogP contribution in [-0.4, -0.2) is 67.0 Å². The largest absolute Gasteiger partial charge is 0.507 e. The van der Waals surface area contributed by atoms with Gasteiger partial charge in [-0.15, -0.1) is 0 Å². The summed E-state index contributed by atoms with van der Waals surface area (Å²) in [5.74, 6) is -0.164. The summed E-state index contributed by atoms with van der Waals surface area (Å²) < 4.78 is 11.2.